The van der Waals surface area contributed by atoms with E-state index in [1.165, 1.54) is 0 Å². The highest BCUT2D eigenvalue weighted by atomic mass is 16.2. The molecule has 3 rings (SSSR count). The second-order valence-corrected chi connectivity index (χ2v) is 6.46. The van der Waals surface area contributed by atoms with Gasteiger partial charge in [-0.3, -0.25) is 14.3 Å². The van der Waals surface area contributed by atoms with Gasteiger partial charge in [-0.15, -0.1) is 0 Å². The van der Waals surface area contributed by atoms with E-state index < -0.39 is 6.04 Å². The molecule has 0 aliphatic carbocycles. The molecule has 1 aliphatic rings. The number of aryl methyl sites for hydroxylation is 2. The van der Waals surface area contributed by atoms with Crippen molar-refractivity contribution in [3.63, 3.8) is 0 Å². The molecule has 1 fully saturated rings. The van der Waals surface area contributed by atoms with E-state index in [2.05, 4.69) is 10.4 Å². The molecule has 0 radical (unpaired) electrons. The number of nitrogens with one attached hydrogen (secondary N) is 1. The number of amides is 2. The Hall–Kier alpha value is -2.63. The van der Waals surface area contributed by atoms with Crippen LogP contribution >= 0.6 is 0 Å². The summed E-state index contributed by atoms with van der Waals surface area (Å²) < 4.78 is 1.73. The van der Waals surface area contributed by atoms with Gasteiger partial charge in [-0.25, -0.2) is 0 Å². The molecule has 2 heterocycles. The second-order valence-electron chi connectivity index (χ2n) is 6.46. The molecule has 2 aromatic rings. The highest BCUT2D eigenvalue weighted by Gasteiger charge is 2.31. The van der Waals surface area contributed by atoms with Gasteiger partial charge in [0, 0.05) is 39.2 Å². The van der Waals surface area contributed by atoms with Crippen molar-refractivity contribution in [3.05, 3.63) is 53.9 Å². The maximum Gasteiger partial charge on any atom is 0.243 e. The van der Waals surface area contributed by atoms with Crippen LogP contribution in [-0.2, 0) is 29.5 Å². The fourth-order valence-corrected chi connectivity index (χ4v) is 3.21. The number of carbonyl (C=O) groups is 2. The number of aromatic nitrogens is 2. The summed E-state index contributed by atoms with van der Waals surface area (Å²) in [7, 11) is 1.86. The summed E-state index contributed by atoms with van der Waals surface area (Å²) >= 11 is 0. The number of nitrogens with zero attached hydrogens (tertiary/aromatic N) is 3. The first-order chi connectivity index (χ1) is 12.1. The third-order valence-corrected chi connectivity index (χ3v) is 4.53. The van der Waals surface area contributed by atoms with E-state index in [1.807, 2.05) is 43.6 Å². The molecule has 1 aliphatic heterocycles. The van der Waals surface area contributed by atoms with Crippen LogP contribution in [0.4, 0.5) is 0 Å². The lowest BCUT2D eigenvalue weighted by Crippen LogP contribution is -2.48. The zero-order valence-corrected chi connectivity index (χ0v) is 14.5. The molecule has 2 amide bonds. The van der Waals surface area contributed by atoms with Gasteiger partial charge < -0.3 is 10.2 Å². The van der Waals surface area contributed by atoms with Crippen LogP contribution in [0.5, 0.6) is 0 Å². The molecule has 0 spiro atoms. The van der Waals surface area contributed by atoms with Crippen LogP contribution in [0.1, 0.15) is 24.0 Å². The van der Waals surface area contributed by atoms with Gasteiger partial charge in [0.15, 0.2) is 0 Å². The van der Waals surface area contributed by atoms with Gasteiger partial charge in [-0.2, -0.15) is 5.10 Å². The maximum absolute atomic E-state index is 12.8. The Kier molecular flexibility index (Phi) is 5.48. The minimum atomic E-state index is -0.439. The van der Waals surface area contributed by atoms with Crippen molar-refractivity contribution in [2.24, 2.45) is 7.05 Å². The van der Waals surface area contributed by atoms with Crippen LogP contribution in [0.25, 0.3) is 0 Å². The van der Waals surface area contributed by atoms with Crippen molar-refractivity contribution in [2.75, 3.05) is 13.1 Å². The van der Waals surface area contributed by atoms with Gasteiger partial charge in [0.05, 0.1) is 6.20 Å². The lowest BCUT2D eigenvalue weighted by molar-refractivity contribution is -0.139. The Labute approximate surface area is 147 Å². The third kappa shape index (κ3) is 4.47. The zero-order valence-electron chi connectivity index (χ0n) is 14.5. The summed E-state index contributed by atoms with van der Waals surface area (Å²) in [6, 6.07) is 9.42. The van der Waals surface area contributed by atoms with Crippen molar-refractivity contribution in [1.29, 1.82) is 0 Å². The summed E-state index contributed by atoms with van der Waals surface area (Å²) in [5.74, 6) is -0.0297. The molecular weight excluding hydrogens is 316 g/mol. The van der Waals surface area contributed by atoms with Crippen molar-refractivity contribution in [3.8, 4) is 0 Å². The number of hydrogen-bond acceptors (Lipinski definition) is 3. The largest absolute Gasteiger partial charge is 0.354 e. The topological polar surface area (TPSA) is 67.2 Å². The van der Waals surface area contributed by atoms with Crippen LogP contribution in [0.2, 0.25) is 0 Å². The van der Waals surface area contributed by atoms with E-state index in [-0.39, 0.29) is 11.8 Å². The zero-order chi connectivity index (χ0) is 17.6. The molecule has 1 saturated heterocycles. The molecule has 0 unspecified atom stereocenters. The quantitative estimate of drug-likeness (QED) is 0.892. The standard InChI is InChI=1S/C19H24N4O2/c1-22-14-16(13-21-22)8-9-18(24)23-11-5-10-20-19(25)17(23)12-15-6-3-2-4-7-15/h2-4,6-7,13-14,17H,5,8-12H2,1H3,(H,20,25)/t17-/m0/s1. The van der Waals surface area contributed by atoms with Gasteiger partial charge in [-0.1, -0.05) is 30.3 Å². The van der Waals surface area contributed by atoms with Crippen molar-refractivity contribution in [1.82, 2.24) is 20.0 Å². The van der Waals surface area contributed by atoms with Crippen LogP contribution in [0.3, 0.4) is 0 Å². The van der Waals surface area contributed by atoms with Gasteiger partial charge in [0.25, 0.3) is 0 Å². The highest BCUT2D eigenvalue weighted by Crippen LogP contribution is 2.15. The Morgan fingerprint density at radius 2 is 2.08 bits per heavy atom. The SMILES string of the molecule is Cn1cc(CCC(=O)N2CCCNC(=O)[C@@H]2Cc2ccccc2)cn1. The predicted molar refractivity (Wildman–Crippen MR) is 94.8 cm³/mol. The molecule has 132 valence electrons. The van der Waals surface area contributed by atoms with Crippen LogP contribution in [-0.4, -0.2) is 45.6 Å². The lowest BCUT2D eigenvalue weighted by Gasteiger charge is -2.28. The van der Waals surface area contributed by atoms with E-state index in [1.54, 1.807) is 15.8 Å². The second kappa shape index (κ2) is 7.96. The average Bonchev–Trinajstić information content (AvgIpc) is 2.95. The highest BCUT2D eigenvalue weighted by molar-refractivity contribution is 5.88. The Morgan fingerprint density at radius 3 is 2.80 bits per heavy atom. The number of hydrogen-bond donors (Lipinski definition) is 1. The Bertz CT molecular complexity index is 726. The number of carbonyl (C=O) groups excluding carboxylic acids is 2. The molecule has 0 bridgehead atoms. The summed E-state index contributed by atoms with van der Waals surface area (Å²) in [6.07, 6.45) is 6.07. The number of rotatable bonds is 5. The first kappa shape index (κ1) is 17.2. The summed E-state index contributed by atoms with van der Waals surface area (Å²) in [4.78, 5) is 27.0. The smallest absolute Gasteiger partial charge is 0.243 e. The van der Waals surface area contributed by atoms with Crippen LogP contribution in [0.15, 0.2) is 42.7 Å². The van der Waals surface area contributed by atoms with Crippen molar-refractivity contribution in [2.45, 2.75) is 31.7 Å². The number of benzene rings is 1. The summed E-state index contributed by atoms with van der Waals surface area (Å²) in [5.41, 5.74) is 2.10. The Morgan fingerprint density at radius 1 is 1.28 bits per heavy atom. The molecule has 25 heavy (non-hydrogen) atoms. The minimum Gasteiger partial charge on any atom is -0.354 e. The van der Waals surface area contributed by atoms with Gasteiger partial charge >= 0.3 is 0 Å². The Balaban J connectivity index is 1.70. The molecule has 6 heteroatoms. The van der Waals surface area contributed by atoms with Crippen molar-refractivity contribution >= 4 is 11.8 Å². The molecule has 1 aromatic heterocycles. The molecule has 0 saturated carbocycles. The van der Waals surface area contributed by atoms with E-state index in [0.29, 0.717) is 32.4 Å². The fourth-order valence-electron chi connectivity index (χ4n) is 3.21. The maximum atomic E-state index is 12.8. The van der Waals surface area contributed by atoms with Gasteiger partial charge in [0.1, 0.15) is 6.04 Å². The van der Waals surface area contributed by atoms with Gasteiger partial charge in [-0.05, 0) is 24.0 Å². The molecule has 1 atom stereocenters. The fraction of sp³-hybridized carbons (Fsp3) is 0.421. The normalized spacial score (nSPS) is 17.9. The lowest BCUT2D eigenvalue weighted by atomic mass is 10.0. The molecule has 1 N–H and O–H groups in total. The van der Waals surface area contributed by atoms with E-state index in [0.717, 1.165) is 17.5 Å². The van der Waals surface area contributed by atoms with E-state index >= 15 is 0 Å². The van der Waals surface area contributed by atoms with E-state index in [9.17, 15) is 9.59 Å². The predicted octanol–water partition coefficient (Wildman–Crippen LogP) is 1.31. The average molecular weight is 340 g/mol. The summed E-state index contributed by atoms with van der Waals surface area (Å²) in [5, 5.41) is 7.06. The first-order valence-electron chi connectivity index (χ1n) is 8.72. The first-order valence-corrected chi connectivity index (χ1v) is 8.72. The van der Waals surface area contributed by atoms with Crippen LogP contribution < -0.4 is 5.32 Å². The van der Waals surface area contributed by atoms with Crippen molar-refractivity contribution < 1.29 is 9.59 Å². The monoisotopic (exact) mass is 340 g/mol. The molecule has 6 nitrogen and oxygen atoms in total. The summed E-state index contributed by atoms with van der Waals surface area (Å²) in [6.45, 7) is 1.23. The molecular formula is C19H24N4O2. The minimum absolute atomic E-state index is 0.0295. The van der Waals surface area contributed by atoms with Crippen LogP contribution in [0, 0.1) is 0 Å². The molecule has 1 aromatic carbocycles. The van der Waals surface area contributed by atoms with Gasteiger partial charge in [0.2, 0.25) is 11.8 Å². The third-order valence-electron chi connectivity index (χ3n) is 4.53. The van der Waals surface area contributed by atoms with E-state index in [4.69, 9.17) is 0 Å².